The first-order valence-corrected chi connectivity index (χ1v) is 8.51. The van der Waals surface area contributed by atoms with Crippen molar-refractivity contribution in [1.82, 2.24) is 14.8 Å². The molecule has 2 bridgehead atoms. The lowest BCUT2D eigenvalue weighted by molar-refractivity contribution is 0.0569. The molecule has 0 unspecified atom stereocenters. The zero-order valence-electron chi connectivity index (χ0n) is 13.5. The maximum absolute atomic E-state index is 12.8. The van der Waals surface area contributed by atoms with Crippen LogP contribution < -0.4 is 0 Å². The molecule has 3 fully saturated rings. The summed E-state index contributed by atoms with van der Waals surface area (Å²) in [6, 6.07) is 13.2. The van der Waals surface area contributed by atoms with E-state index in [0.29, 0.717) is 18.2 Å². The largest absolute Gasteiger partial charge is 0.357 e. The Morgan fingerprint density at radius 1 is 0.917 bits per heavy atom. The van der Waals surface area contributed by atoms with Crippen molar-refractivity contribution in [1.29, 1.82) is 0 Å². The molecule has 0 saturated carbocycles. The van der Waals surface area contributed by atoms with Gasteiger partial charge in [-0.25, -0.2) is 0 Å². The summed E-state index contributed by atoms with van der Waals surface area (Å²) >= 11 is 0. The third-order valence-electron chi connectivity index (χ3n) is 5.11. The van der Waals surface area contributed by atoms with Crippen molar-refractivity contribution in [2.45, 2.75) is 18.9 Å². The van der Waals surface area contributed by atoms with Gasteiger partial charge in [0.15, 0.2) is 0 Å². The van der Waals surface area contributed by atoms with Gasteiger partial charge in [0, 0.05) is 37.4 Å². The number of nitrogens with one attached hydrogen (secondary N) is 1. The van der Waals surface area contributed by atoms with Gasteiger partial charge in [0.1, 0.15) is 5.69 Å². The average molecular weight is 323 g/mol. The molecule has 2 atom stereocenters. The Balaban J connectivity index is 1.55. The fourth-order valence-electron chi connectivity index (χ4n) is 3.88. The molecule has 124 valence electrons. The topological polar surface area (TPSA) is 56.4 Å². The number of H-pyrrole nitrogens is 1. The molecule has 1 aromatic heterocycles. The van der Waals surface area contributed by atoms with Gasteiger partial charge in [-0.15, -0.1) is 0 Å². The molecule has 1 aromatic carbocycles. The predicted octanol–water partition coefficient (Wildman–Crippen LogP) is 2.39. The molecule has 24 heavy (non-hydrogen) atoms. The van der Waals surface area contributed by atoms with Crippen molar-refractivity contribution in [2.75, 3.05) is 19.6 Å². The number of hydrogen-bond donors (Lipinski definition) is 1. The van der Waals surface area contributed by atoms with E-state index in [1.165, 1.54) is 0 Å². The molecule has 0 radical (unpaired) electrons. The summed E-state index contributed by atoms with van der Waals surface area (Å²) in [4.78, 5) is 32.4. The van der Waals surface area contributed by atoms with Crippen LogP contribution in [0.4, 0.5) is 0 Å². The van der Waals surface area contributed by atoms with Crippen molar-refractivity contribution >= 4 is 11.8 Å². The molecule has 4 heterocycles. The van der Waals surface area contributed by atoms with Crippen LogP contribution in [0.25, 0.3) is 0 Å². The molecule has 3 saturated heterocycles. The molecule has 5 nitrogen and oxygen atoms in total. The highest BCUT2D eigenvalue weighted by molar-refractivity contribution is 5.95. The average Bonchev–Trinajstić information content (AvgIpc) is 3.01. The van der Waals surface area contributed by atoms with Gasteiger partial charge in [-0.2, -0.15) is 0 Å². The molecule has 5 rings (SSSR count). The first kappa shape index (κ1) is 15.0. The number of carbonyl (C=O) groups is 2. The molecule has 3 aliphatic heterocycles. The highest BCUT2D eigenvalue weighted by Crippen LogP contribution is 2.29. The Bertz CT molecular complexity index is 726. The van der Waals surface area contributed by atoms with Crippen LogP contribution in [0.1, 0.15) is 33.7 Å². The van der Waals surface area contributed by atoms with E-state index in [9.17, 15) is 9.59 Å². The summed E-state index contributed by atoms with van der Waals surface area (Å²) in [7, 11) is 0. The van der Waals surface area contributed by atoms with Crippen LogP contribution in [0, 0.1) is 5.92 Å². The summed E-state index contributed by atoms with van der Waals surface area (Å²) in [6.07, 6.45) is 3.82. The maximum Gasteiger partial charge on any atom is 0.270 e. The Hall–Kier alpha value is -2.56. The molecule has 1 N–H and O–H groups in total. The summed E-state index contributed by atoms with van der Waals surface area (Å²) in [6.45, 7) is 2.09. The lowest BCUT2D eigenvalue weighted by atomic mass is 9.95. The smallest absolute Gasteiger partial charge is 0.270 e. The molecule has 0 spiro atoms. The Labute approximate surface area is 141 Å². The van der Waals surface area contributed by atoms with E-state index in [1.807, 2.05) is 52.3 Å². The highest BCUT2D eigenvalue weighted by Gasteiger charge is 2.39. The standard InChI is InChI=1S/C19H21N3O2/c23-18(15-5-2-1-3-6-15)21-11-14-8-9-16(13-21)22(12-14)19(24)17-7-4-10-20-17/h1-7,10,14,16,20H,8-9,11-13H2/t14-,16+/m0/s1. The van der Waals surface area contributed by atoms with Crippen molar-refractivity contribution in [3.8, 4) is 0 Å². The van der Waals surface area contributed by atoms with Crippen molar-refractivity contribution in [2.24, 2.45) is 5.92 Å². The molecular weight excluding hydrogens is 302 g/mol. The van der Waals surface area contributed by atoms with Gasteiger partial charge < -0.3 is 14.8 Å². The van der Waals surface area contributed by atoms with Crippen molar-refractivity contribution < 1.29 is 9.59 Å². The minimum atomic E-state index is 0.0451. The van der Waals surface area contributed by atoms with Crippen LogP contribution in [-0.4, -0.2) is 52.3 Å². The molecule has 2 aromatic rings. The Morgan fingerprint density at radius 3 is 2.50 bits per heavy atom. The van der Waals surface area contributed by atoms with Gasteiger partial charge in [-0.1, -0.05) is 18.2 Å². The molecular formula is C19H21N3O2. The Kier molecular flexibility index (Phi) is 3.84. The van der Waals surface area contributed by atoms with Gasteiger partial charge in [-0.05, 0) is 43.0 Å². The van der Waals surface area contributed by atoms with E-state index < -0.39 is 0 Å². The van der Waals surface area contributed by atoms with E-state index in [4.69, 9.17) is 0 Å². The summed E-state index contributed by atoms with van der Waals surface area (Å²) < 4.78 is 0. The monoisotopic (exact) mass is 323 g/mol. The summed E-state index contributed by atoms with van der Waals surface area (Å²) in [5.74, 6) is 0.473. The van der Waals surface area contributed by atoms with Crippen LogP contribution in [0.2, 0.25) is 0 Å². The fraction of sp³-hybridized carbons (Fsp3) is 0.368. The number of benzene rings is 1. The number of piperidine rings is 1. The van der Waals surface area contributed by atoms with Crippen LogP contribution in [-0.2, 0) is 0 Å². The lowest BCUT2D eigenvalue weighted by Gasteiger charge is -2.35. The maximum atomic E-state index is 12.8. The van der Waals surface area contributed by atoms with Gasteiger partial charge in [0.2, 0.25) is 0 Å². The summed E-state index contributed by atoms with van der Waals surface area (Å²) in [5, 5.41) is 0. The number of aromatic nitrogens is 1. The van der Waals surface area contributed by atoms with Gasteiger partial charge in [0.05, 0.1) is 0 Å². The number of carbonyl (C=O) groups excluding carboxylic acids is 2. The minimum absolute atomic E-state index is 0.0451. The van der Waals surface area contributed by atoms with Gasteiger partial charge in [0.25, 0.3) is 11.8 Å². The third-order valence-corrected chi connectivity index (χ3v) is 5.11. The predicted molar refractivity (Wildman–Crippen MR) is 90.7 cm³/mol. The van der Waals surface area contributed by atoms with Crippen LogP contribution >= 0.6 is 0 Å². The van der Waals surface area contributed by atoms with Crippen molar-refractivity contribution in [3.63, 3.8) is 0 Å². The van der Waals surface area contributed by atoms with Crippen LogP contribution in [0.15, 0.2) is 48.7 Å². The normalized spacial score (nSPS) is 23.2. The Morgan fingerprint density at radius 2 is 1.75 bits per heavy atom. The summed E-state index contributed by atoms with van der Waals surface area (Å²) in [5.41, 5.74) is 1.35. The van der Waals surface area contributed by atoms with Crippen LogP contribution in [0.3, 0.4) is 0 Å². The minimum Gasteiger partial charge on any atom is -0.357 e. The van der Waals surface area contributed by atoms with Gasteiger partial charge in [-0.3, -0.25) is 9.59 Å². The number of aromatic amines is 1. The first-order valence-electron chi connectivity index (χ1n) is 8.51. The second kappa shape index (κ2) is 6.15. The molecule has 5 heteroatoms. The molecule has 2 amide bonds. The van der Waals surface area contributed by atoms with E-state index in [-0.39, 0.29) is 17.9 Å². The number of amides is 2. The highest BCUT2D eigenvalue weighted by atomic mass is 16.2. The zero-order chi connectivity index (χ0) is 16.5. The quantitative estimate of drug-likeness (QED) is 0.922. The van der Waals surface area contributed by atoms with E-state index in [2.05, 4.69) is 4.98 Å². The van der Waals surface area contributed by atoms with Crippen molar-refractivity contribution in [3.05, 3.63) is 59.9 Å². The van der Waals surface area contributed by atoms with Gasteiger partial charge >= 0.3 is 0 Å². The second-order valence-electron chi connectivity index (χ2n) is 6.71. The van der Waals surface area contributed by atoms with E-state index in [0.717, 1.165) is 31.5 Å². The van der Waals surface area contributed by atoms with E-state index in [1.54, 1.807) is 6.20 Å². The lowest BCUT2D eigenvalue weighted by Crippen LogP contribution is -2.47. The zero-order valence-corrected chi connectivity index (χ0v) is 13.5. The molecule has 0 aliphatic carbocycles. The number of fused-ring (bicyclic) bond motifs is 4. The SMILES string of the molecule is O=C(c1ccccc1)N1C[C@@H]2CC[C@H](C1)N(C(=O)c1ccc[nH]1)C2. The van der Waals surface area contributed by atoms with E-state index >= 15 is 0 Å². The first-order chi connectivity index (χ1) is 11.7. The number of hydrogen-bond acceptors (Lipinski definition) is 2. The second-order valence-corrected chi connectivity index (χ2v) is 6.71. The molecule has 3 aliphatic rings. The number of nitrogens with zero attached hydrogens (tertiary/aromatic N) is 2. The number of rotatable bonds is 2. The third kappa shape index (κ3) is 2.70. The van der Waals surface area contributed by atoms with Crippen LogP contribution in [0.5, 0.6) is 0 Å². The fourth-order valence-corrected chi connectivity index (χ4v) is 3.88.